The van der Waals surface area contributed by atoms with Gasteiger partial charge in [0.05, 0.1) is 23.1 Å². The van der Waals surface area contributed by atoms with Crippen LogP contribution in [0, 0.1) is 11.3 Å². The largest absolute Gasteiger partial charge is 0.454 e. The van der Waals surface area contributed by atoms with E-state index in [1.54, 1.807) is 0 Å². The molecule has 0 radical (unpaired) electrons. The normalized spacial score (nSPS) is 16.7. The predicted molar refractivity (Wildman–Crippen MR) is 196 cm³/mol. The maximum atomic E-state index is 9.37. The Morgan fingerprint density at radius 3 is 2.37 bits per heavy atom. The second-order valence-electron chi connectivity index (χ2n) is 14.5. The molecule has 2 aliphatic heterocycles. The zero-order valence-corrected chi connectivity index (χ0v) is 28.1. The van der Waals surface area contributed by atoms with E-state index in [9.17, 15) is 5.26 Å². The number of hydrogen-bond donors (Lipinski definition) is 0. The summed E-state index contributed by atoms with van der Waals surface area (Å²) in [4.78, 5) is 0. The summed E-state index contributed by atoms with van der Waals surface area (Å²) in [6.07, 6.45) is 6.42. The summed E-state index contributed by atoms with van der Waals surface area (Å²) in [5, 5.41) is 11.6. The van der Waals surface area contributed by atoms with Crippen LogP contribution in [0.1, 0.15) is 61.4 Å². The molecule has 0 fully saturated rings. The van der Waals surface area contributed by atoms with Gasteiger partial charge >= 0.3 is 0 Å². The standard InChI is InChI=1S/C45H37N3O/c1-28-42-36(34-10-5-6-11-35(34)39-24-21-32(27-48(39)42)45(2,3)4)22-19-31-20-23-38-37-13-9-12-33(30-17-15-29(26-46)16-18-30)43(37)49-44(38)41(31)40-14-7-8-25-47(28)40/h5-18,20-21,23-25,27,36,42H,1,19,22H2,2-4H3/q+2. The van der Waals surface area contributed by atoms with E-state index in [0.717, 1.165) is 62.9 Å². The number of furan rings is 1. The quantitative estimate of drug-likeness (QED) is 0.169. The Bertz CT molecular complexity index is 2520. The van der Waals surface area contributed by atoms with Gasteiger partial charge in [-0.25, -0.2) is 0 Å². The maximum Gasteiger partial charge on any atom is 0.249 e. The molecule has 2 unspecified atom stereocenters. The number of rotatable bonds is 1. The third-order valence-corrected chi connectivity index (χ3v) is 10.7. The van der Waals surface area contributed by atoms with Crippen molar-refractivity contribution in [2.75, 3.05) is 0 Å². The van der Waals surface area contributed by atoms with E-state index in [1.807, 2.05) is 24.3 Å². The molecule has 0 saturated heterocycles. The maximum absolute atomic E-state index is 9.37. The van der Waals surface area contributed by atoms with Crippen molar-refractivity contribution in [3.63, 3.8) is 0 Å². The molecule has 4 heteroatoms. The summed E-state index contributed by atoms with van der Waals surface area (Å²) in [5.41, 5.74) is 14.2. The van der Waals surface area contributed by atoms with Gasteiger partial charge in [0.25, 0.3) is 0 Å². The van der Waals surface area contributed by atoms with E-state index in [0.29, 0.717) is 5.56 Å². The van der Waals surface area contributed by atoms with Crippen molar-refractivity contribution in [3.8, 4) is 39.7 Å². The smallest absolute Gasteiger partial charge is 0.249 e. The van der Waals surface area contributed by atoms with Gasteiger partial charge in [-0.3, -0.25) is 0 Å². The molecule has 0 spiro atoms. The number of fused-ring (bicyclic) bond motifs is 13. The van der Waals surface area contributed by atoms with Crippen molar-refractivity contribution < 1.29 is 13.6 Å². The molecule has 0 aliphatic carbocycles. The molecule has 0 saturated carbocycles. The number of aromatic nitrogens is 2. The Morgan fingerprint density at radius 2 is 1.55 bits per heavy atom. The lowest BCUT2D eigenvalue weighted by Gasteiger charge is -2.30. The van der Waals surface area contributed by atoms with Gasteiger partial charge in [0.1, 0.15) is 11.2 Å². The lowest BCUT2D eigenvalue weighted by atomic mass is 9.78. The van der Waals surface area contributed by atoms with Crippen LogP contribution in [0.3, 0.4) is 0 Å². The van der Waals surface area contributed by atoms with Crippen molar-refractivity contribution in [2.45, 2.75) is 51.0 Å². The van der Waals surface area contributed by atoms with Crippen molar-refractivity contribution in [3.05, 3.63) is 150 Å². The van der Waals surface area contributed by atoms with E-state index in [-0.39, 0.29) is 17.4 Å². The number of allylic oxidation sites excluding steroid dienone is 1. The minimum atomic E-state index is 0.0130. The van der Waals surface area contributed by atoms with Crippen LogP contribution >= 0.6 is 0 Å². The summed E-state index contributed by atoms with van der Waals surface area (Å²) in [7, 11) is 0. The van der Waals surface area contributed by atoms with Crippen LogP contribution in [0.5, 0.6) is 0 Å². The highest BCUT2D eigenvalue weighted by Crippen LogP contribution is 2.47. The number of pyridine rings is 2. The third kappa shape index (κ3) is 4.50. The first-order valence-electron chi connectivity index (χ1n) is 17.1. The van der Waals surface area contributed by atoms with Crippen LogP contribution in [-0.4, -0.2) is 0 Å². The highest BCUT2D eigenvalue weighted by Gasteiger charge is 2.47. The Labute approximate surface area is 286 Å². The van der Waals surface area contributed by atoms with Crippen LogP contribution in [0.2, 0.25) is 0 Å². The van der Waals surface area contributed by atoms with Crippen LogP contribution in [-0.2, 0) is 11.8 Å². The van der Waals surface area contributed by atoms with E-state index in [1.165, 1.54) is 27.9 Å². The zero-order valence-electron chi connectivity index (χ0n) is 28.1. The van der Waals surface area contributed by atoms with Gasteiger partial charge in [0, 0.05) is 45.7 Å². The van der Waals surface area contributed by atoms with Crippen molar-refractivity contribution >= 4 is 27.6 Å². The first kappa shape index (κ1) is 29.4. The molecule has 2 atom stereocenters. The molecule has 4 nitrogen and oxygen atoms in total. The summed E-state index contributed by atoms with van der Waals surface area (Å²) in [6.45, 7) is 11.8. The van der Waals surface area contributed by atoms with Gasteiger partial charge in [-0.05, 0) is 71.9 Å². The van der Waals surface area contributed by atoms with E-state index in [4.69, 9.17) is 11.0 Å². The van der Waals surface area contributed by atoms with Crippen LogP contribution < -0.4 is 9.13 Å². The van der Waals surface area contributed by atoms with Gasteiger partial charge in [0.2, 0.25) is 23.1 Å². The highest BCUT2D eigenvalue weighted by atomic mass is 16.3. The number of nitriles is 1. The number of para-hydroxylation sites is 1. The summed E-state index contributed by atoms with van der Waals surface area (Å²) in [5.74, 6) is 0.234. The average Bonchev–Trinajstić information content (AvgIpc) is 3.53. The monoisotopic (exact) mass is 635 g/mol. The number of nitrogens with zero attached hydrogens (tertiary/aromatic N) is 3. The molecule has 0 bridgehead atoms. The number of hydrogen-bond acceptors (Lipinski definition) is 2. The minimum absolute atomic E-state index is 0.0130. The molecule has 5 heterocycles. The fraction of sp³-hybridized carbons (Fsp3) is 0.178. The van der Waals surface area contributed by atoms with Crippen molar-refractivity contribution in [1.29, 1.82) is 5.26 Å². The summed E-state index contributed by atoms with van der Waals surface area (Å²) >= 11 is 0. The number of benzene rings is 4. The second kappa shape index (κ2) is 10.9. The Kier molecular flexibility index (Phi) is 6.51. The summed E-state index contributed by atoms with van der Waals surface area (Å²) in [6, 6.07) is 40.9. The zero-order chi connectivity index (χ0) is 33.4. The van der Waals surface area contributed by atoms with Crippen LogP contribution in [0.25, 0.3) is 61.3 Å². The Balaban J connectivity index is 1.29. The van der Waals surface area contributed by atoms with Gasteiger partial charge < -0.3 is 4.42 Å². The molecule has 0 N–H and O–H groups in total. The van der Waals surface area contributed by atoms with E-state index < -0.39 is 0 Å². The fourth-order valence-electron chi connectivity index (χ4n) is 8.24. The average molecular weight is 636 g/mol. The lowest BCUT2D eigenvalue weighted by molar-refractivity contribution is -0.727. The molecule has 7 aromatic rings. The van der Waals surface area contributed by atoms with Gasteiger partial charge in [-0.15, -0.1) is 0 Å². The molecule has 236 valence electrons. The van der Waals surface area contributed by atoms with Crippen LogP contribution in [0.15, 0.2) is 133 Å². The Morgan fingerprint density at radius 1 is 0.776 bits per heavy atom. The molecule has 2 aliphatic rings. The molecule has 3 aromatic heterocycles. The predicted octanol–water partition coefficient (Wildman–Crippen LogP) is 10.1. The van der Waals surface area contributed by atoms with E-state index >= 15 is 0 Å². The highest BCUT2D eigenvalue weighted by molar-refractivity contribution is 6.13. The fourth-order valence-corrected chi connectivity index (χ4v) is 8.24. The first-order chi connectivity index (χ1) is 23.8. The SMILES string of the molecule is C=C1C2C(CCc3ccc4c(oc5c(-c6ccc(C#N)cc6)cccc54)c3-c3cccc[n+]31)c1ccccc1-c1ccc(C(C)(C)C)c[n+]12. The van der Waals surface area contributed by atoms with Gasteiger partial charge in [0.15, 0.2) is 12.4 Å². The third-order valence-electron chi connectivity index (χ3n) is 10.7. The molecule has 0 amide bonds. The first-order valence-corrected chi connectivity index (χ1v) is 17.1. The topological polar surface area (TPSA) is 44.7 Å². The molecule has 9 rings (SSSR count). The van der Waals surface area contributed by atoms with Gasteiger partial charge in [-0.2, -0.15) is 14.4 Å². The summed E-state index contributed by atoms with van der Waals surface area (Å²) < 4.78 is 11.8. The molecular weight excluding hydrogens is 599 g/mol. The Hall–Kier alpha value is -5.79. The second-order valence-corrected chi connectivity index (χ2v) is 14.5. The van der Waals surface area contributed by atoms with Crippen molar-refractivity contribution in [2.24, 2.45) is 0 Å². The molecule has 49 heavy (non-hydrogen) atoms. The van der Waals surface area contributed by atoms with Gasteiger partial charge in [-0.1, -0.05) is 81.4 Å². The molecular formula is C45H37N3O+2. The van der Waals surface area contributed by atoms with Crippen LogP contribution in [0.4, 0.5) is 0 Å². The minimum Gasteiger partial charge on any atom is -0.454 e. The lowest BCUT2D eigenvalue weighted by Crippen LogP contribution is -2.53. The molecule has 4 aromatic carbocycles. The van der Waals surface area contributed by atoms with Crippen molar-refractivity contribution in [1.82, 2.24) is 0 Å². The number of aryl methyl sites for hydroxylation is 1. The van der Waals surface area contributed by atoms with E-state index in [2.05, 4.69) is 133 Å².